The second-order valence-electron chi connectivity index (χ2n) is 11.7. The van der Waals surface area contributed by atoms with E-state index in [2.05, 4.69) is 156 Å². The first-order chi connectivity index (χ1) is 22.3. The standard InChI is InChI=1S/C42H25NO2/c1-2-11-31(12-3-1)43-36-15-7-6-13-34(36)42-41(43)40-32(14-8-16-37(40)45-42)27-19-17-26(18-20-27)30-21-22-33-35-23-28-9-4-5-10-29(28)24-39(35)44-38(33)25-30/h1-25H. The summed E-state index contributed by atoms with van der Waals surface area (Å²) >= 11 is 0. The zero-order chi connectivity index (χ0) is 29.5. The smallest absolute Gasteiger partial charge is 0.161 e. The molecule has 0 aliphatic heterocycles. The number of nitrogens with zero attached hydrogens (tertiary/aromatic N) is 1. The van der Waals surface area contributed by atoms with Crippen molar-refractivity contribution >= 4 is 65.7 Å². The largest absolute Gasteiger partial charge is 0.456 e. The summed E-state index contributed by atoms with van der Waals surface area (Å²) in [6, 6.07) is 53.6. The third-order valence-corrected chi connectivity index (χ3v) is 9.19. The molecule has 0 spiro atoms. The highest BCUT2D eigenvalue weighted by Crippen LogP contribution is 2.43. The first kappa shape index (κ1) is 24.4. The molecule has 3 heteroatoms. The number of aromatic nitrogens is 1. The first-order valence-corrected chi connectivity index (χ1v) is 15.3. The number of furan rings is 2. The van der Waals surface area contributed by atoms with Crippen LogP contribution in [-0.4, -0.2) is 4.57 Å². The van der Waals surface area contributed by atoms with Gasteiger partial charge in [-0.3, -0.25) is 0 Å². The molecule has 0 saturated carbocycles. The number of rotatable bonds is 3. The summed E-state index contributed by atoms with van der Waals surface area (Å²) in [6.45, 7) is 0. The van der Waals surface area contributed by atoms with E-state index in [9.17, 15) is 0 Å². The fraction of sp³-hybridized carbons (Fsp3) is 0. The Morgan fingerprint density at radius 1 is 0.422 bits per heavy atom. The van der Waals surface area contributed by atoms with Gasteiger partial charge >= 0.3 is 0 Å². The van der Waals surface area contributed by atoms with Crippen molar-refractivity contribution in [3.8, 4) is 27.9 Å². The molecule has 0 atom stereocenters. The molecule has 0 radical (unpaired) electrons. The van der Waals surface area contributed by atoms with Crippen molar-refractivity contribution in [3.05, 3.63) is 152 Å². The lowest BCUT2D eigenvalue weighted by Gasteiger charge is -2.10. The van der Waals surface area contributed by atoms with Gasteiger partial charge in [0, 0.05) is 21.8 Å². The summed E-state index contributed by atoms with van der Waals surface area (Å²) in [5.41, 5.74) is 11.6. The van der Waals surface area contributed by atoms with Crippen molar-refractivity contribution in [2.45, 2.75) is 0 Å². The normalized spacial score (nSPS) is 12.0. The highest BCUT2D eigenvalue weighted by molar-refractivity contribution is 6.20. The number of fused-ring (bicyclic) bond motifs is 9. The summed E-state index contributed by atoms with van der Waals surface area (Å²) in [7, 11) is 0. The van der Waals surface area contributed by atoms with Crippen LogP contribution in [0.25, 0.3) is 93.6 Å². The predicted molar refractivity (Wildman–Crippen MR) is 186 cm³/mol. The molecule has 210 valence electrons. The molecule has 7 aromatic carbocycles. The second kappa shape index (κ2) is 9.22. The SMILES string of the molecule is c1ccc(-n2c3ccccc3c3oc4cccc(-c5ccc(-c6ccc7c(c6)oc6cc8ccccc8cc67)cc5)c4c32)cc1. The molecule has 0 saturated heterocycles. The molecule has 0 aliphatic rings. The number of para-hydroxylation sites is 2. The van der Waals surface area contributed by atoms with Gasteiger partial charge in [0.2, 0.25) is 0 Å². The minimum absolute atomic E-state index is 0.889. The minimum Gasteiger partial charge on any atom is -0.456 e. The van der Waals surface area contributed by atoms with Crippen molar-refractivity contribution in [1.82, 2.24) is 4.57 Å². The quantitative estimate of drug-likeness (QED) is 0.210. The molecule has 10 aromatic rings. The van der Waals surface area contributed by atoms with E-state index < -0.39 is 0 Å². The molecule has 3 heterocycles. The van der Waals surface area contributed by atoms with Gasteiger partial charge in [-0.25, -0.2) is 0 Å². The average Bonchev–Trinajstić information content (AvgIpc) is 3.75. The van der Waals surface area contributed by atoms with Gasteiger partial charge in [-0.15, -0.1) is 0 Å². The Labute approximate surface area is 258 Å². The third-order valence-electron chi connectivity index (χ3n) is 9.19. The van der Waals surface area contributed by atoms with E-state index in [0.29, 0.717) is 0 Å². The molecule has 45 heavy (non-hydrogen) atoms. The van der Waals surface area contributed by atoms with Crippen molar-refractivity contribution < 1.29 is 8.83 Å². The van der Waals surface area contributed by atoms with Crippen LogP contribution in [0.15, 0.2) is 160 Å². The van der Waals surface area contributed by atoms with Crippen LogP contribution >= 0.6 is 0 Å². The Bertz CT molecular complexity index is 2740. The van der Waals surface area contributed by atoms with Crippen LogP contribution in [0.5, 0.6) is 0 Å². The lowest BCUT2D eigenvalue weighted by molar-refractivity contribution is 0.669. The maximum Gasteiger partial charge on any atom is 0.161 e. The van der Waals surface area contributed by atoms with Crippen LogP contribution in [0.4, 0.5) is 0 Å². The molecule has 0 N–H and O–H groups in total. The number of benzene rings is 7. The lowest BCUT2D eigenvalue weighted by Crippen LogP contribution is -1.93. The fourth-order valence-corrected chi connectivity index (χ4v) is 7.08. The summed E-state index contributed by atoms with van der Waals surface area (Å²) in [6.07, 6.45) is 0. The van der Waals surface area contributed by atoms with Crippen molar-refractivity contribution in [1.29, 1.82) is 0 Å². The van der Waals surface area contributed by atoms with Crippen LogP contribution in [0.2, 0.25) is 0 Å². The maximum absolute atomic E-state index is 6.58. The van der Waals surface area contributed by atoms with Crippen molar-refractivity contribution in [2.75, 3.05) is 0 Å². The van der Waals surface area contributed by atoms with Crippen molar-refractivity contribution in [3.63, 3.8) is 0 Å². The molecular formula is C42H25NO2. The van der Waals surface area contributed by atoms with Gasteiger partial charge in [-0.1, -0.05) is 97.1 Å². The number of hydrogen-bond donors (Lipinski definition) is 0. The third kappa shape index (κ3) is 3.58. The molecule has 3 aromatic heterocycles. The zero-order valence-corrected chi connectivity index (χ0v) is 24.2. The van der Waals surface area contributed by atoms with Crippen LogP contribution in [0.3, 0.4) is 0 Å². The molecular weight excluding hydrogens is 550 g/mol. The summed E-state index contributed by atoms with van der Waals surface area (Å²) in [5, 5.41) is 6.94. The highest BCUT2D eigenvalue weighted by atomic mass is 16.3. The predicted octanol–water partition coefficient (Wildman–Crippen LogP) is 11.9. The fourth-order valence-electron chi connectivity index (χ4n) is 7.08. The van der Waals surface area contributed by atoms with E-state index in [1.807, 2.05) is 0 Å². The van der Waals surface area contributed by atoms with E-state index in [1.54, 1.807) is 0 Å². The van der Waals surface area contributed by atoms with Crippen LogP contribution in [0, 0.1) is 0 Å². The van der Waals surface area contributed by atoms with Gasteiger partial charge in [-0.2, -0.15) is 0 Å². The van der Waals surface area contributed by atoms with Crippen LogP contribution in [-0.2, 0) is 0 Å². The second-order valence-corrected chi connectivity index (χ2v) is 11.7. The Morgan fingerprint density at radius 3 is 2.00 bits per heavy atom. The van der Waals surface area contributed by atoms with E-state index in [0.717, 1.165) is 82.9 Å². The lowest BCUT2D eigenvalue weighted by atomic mass is 9.97. The van der Waals surface area contributed by atoms with Gasteiger partial charge in [0.05, 0.1) is 10.9 Å². The van der Waals surface area contributed by atoms with E-state index in [1.165, 1.54) is 10.8 Å². The van der Waals surface area contributed by atoms with Gasteiger partial charge in [0.1, 0.15) is 22.3 Å². The van der Waals surface area contributed by atoms with Gasteiger partial charge in [0.15, 0.2) is 5.58 Å². The molecule has 0 aliphatic carbocycles. The molecule has 0 amide bonds. The van der Waals surface area contributed by atoms with Crippen molar-refractivity contribution in [2.24, 2.45) is 0 Å². The molecule has 10 rings (SSSR count). The Kier molecular flexibility index (Phi) is 5.00. The van der Waals surface area contributed by atoms with E-state index in [4.69, 9.17) is 8.83 Å². The molecule has 0 fully saturated rings. The monoisotopic (exact) mass is 575 g/mol. The van der Waals surface area contributed by atoms with E-state index in [-0.39, 0.29) is 0 Å². The van der Waals surface area contributed by atoms with Gasteiger partial charge in [-0.05, 0) is 87.6 Å². The van der Waals surface area contributed by atoms with Crippen LogP contribution in [0.1, 0.15) is 0 Å². The zero-order valence-electron chi connectivity index (χ0n) is 24.2. The van der Waals surface area contributed by atoms with Crippen LogP contribution < -0.4 is 0 Å². The highest BCUT2D eigenvalue weighted by Gasteiger charge is 2.21. The summed E-state index contributed by atoms with van der Waals surface area (Å²) in [5.74, 6) is 0. The van der Waals surface area contributed by atoms with Gasteiger partial charge < -0.3 is 13.4 Å². The topological polar surface area (TPSA) is 31.2 Å². The Balaban J connectivity index is 1.12. The molecule has 0 unspecified atom stereocenters. The molecule has 0 bridgehead atoms. The Morgan fingerprint density at radius 2 is 1.13 bits per heavy atom. The summed E-state index contributed by atoms with van der Waals surface area (Å²) in [4.78, 5) is 0. The summed E-state index contributed by atoms with van der Waals surface area (Å²) < 4.78 is 15.3. The van der Waals surface area contributed by atoms with Gasteiger partial charge in [0.25, 0.3) is 0 Å². The average molecular weight is 576 g/mol. The number of hydrogen-bond acceptors (Lipinski definition) is 2. The van der Waals surface area contributed by atoms with E-state index >= 15 is 0 Å². The first-order valence-electron chi connectivity index (χ1n) is 15.3. The minimum atomic E-state index is 0.889. The Hall–Kier alpha value is -6.06. The maximum atomic E-state index is 6.58. The molecule has 3 nitrogen and oxygen atoms in total.